The first-order chi connectivity index (χ1) is 11.7. The minimum Gasteiger partial charge on any atom is -0.493 e. The van der Waals surface area contributed by atoms with E-state index in [2.05, 4.69) is 28.2 Å². The van der Waals surface area contributed by atoms with Crippen molar-refractivity contribution >= 4 is 5.91 Å². The van der Waals surface area contributed by atoms with E-state index < -0.39 is 0 Å². The second-order valence-corrected chi connectivity index (χ2v) is 6.94. The van der Waals surface area contributed by atoms with Crippen molar-refractivity contribution < 1.29 is 9.53 Å². The highest BCUT2D eigenvalue weighted by Gasteiger charge is 2.23. The first-order valence-electron chi connectivity index (χ1n) is 9.11. The van der Waals surface area contributed by atoms with Gasteiger partial charge in [0.2, 0.25) is 5.91 Å². The van der Waals surface area contributed by atoms with Gasteiger partial charge in [0.05, 0.1) is 6.61 Å². The molecule has 1 atom stereocenters. The van der Waals surface area contributed by atoms with E-state index in [0.29, 0.717) is 6.61 Å². The molecule has 1 fully saturated rings. The van der Waals surface area contributed by atoms with E-state index in [1.165, 1.54) is 0 Å². The maximum absolute atomic E-state index is 12.5. The molecule has 0 radical (unpaired) electrons. The molecule has 1 N–H and O–H groups in total. The van der Waals surface area contributed by atoms with Gasteiger partial charge in [-0.1, -0.05) is 18.2 Å². The van der Waals surface area contributed by atoms with Crippen molar-refractivity contribution in [1.29, 1.82) is 0 Å². The Kier molecular flexibility index (Phi) is 6.10. The third-order valence-corrected chi connectivity index (χ3v) is 5.08. The number of nitrogens with one attached hydrogen (secondary N) is 1. The molecule has 5 heteroatoms. The number of para-hydroxylation sites is 1. The van der Waals surface area contributed by atoms with E-state index in [-0.39, 0.29) is 11.8 Å². The molecule has 2 aliphatic heterocycles. The van der Waals surface area contributed by atoms with Gasteiger partial charge in [-0.25, -0.2) is 0 Å². The van der Waals surface area contributed by atoms with Crippen molar-refractivity contribution in [2.45, 2.75) is 19.3 Å². The van der Waals surface area contributed by atoms with Gasteiger partial charge in [-0.15, -0.1) is 0 Å². The van der Waals surface area contributed by atoms with Crippen LogP contribution in [0.5, 0.6) is 5.75 Å². The minimum absolute atomic E-state index is 0.0253. The fraction of sp³-hybridized carbons (Fsp3) is 0.632. The molecule has 0 saturated carbocycles. The van der Waals surface area contributed by atoms with Gasteiger partial charge in [-0.05, 0) is 44.5 Å². The van der Waals surface area contributed by atoms with Crippen LogP contribution in [0.3, 0.4) is 0 Å². The SMILES string of the molecule is CN1CCN(CCCNC(=O)[C@@H]2CCOc3ccccc3C2)CC1. The van der Waals surface area contributed by atoms with Crippen molar-refractivity contribution in [3.8, 4) is 5.75 Å². The molecule has 0 aliphatic carbocycles. The third-order valence-electron chi connectivity index (χ3n) is 5.08. The highest BCUT2D eigenvalue weighted by Crippen LogP contribution is 2.26. The molecule has 0 unspecified atom stereocenters. The van der Waals surface area contributed by atoms with Crippen LogP contribution in [-0.2, 0) is 11.2 Å². The van der Waals surface area contributed by atoms with Crippen LogP contribution in [-0.4, -0.2) is 68.6 Å². The molecule has 132 valence electrons. The number of ether oxygens (including phenoxy) is 1. The number of rotatable bonds is 5. The quantitative estimate of drug-likeness (QED) is 0.828. The molecule has 3 rings (SSSR count). The van der Waals surface area contributed by atoms with E-state index in [0.717, 1.165) is 69.8 Å². The average Bonchev–Trinajstić information content (AvgIpc) is 2.82. The van der Waals surface area contributed by atoms with Crippen LogP contribution in [0.15, 0.2) is 24.3 Å². The minimum atomic E-state index is 0.0253. The normalized spacial score (nSPS) is 22.3. The summed E-state index contributed by atoms with van der Waals surface area (Å²) in [6.45, 7) is 7.04. The van der Waals surface area contributed by atoms with Crippen molar-refractivity contribution in [3.63, 3.8) is 0 Å². The lowest BCUT2D eigenvalue weighted by atomic mass is 9.96. The lowest BCUT2D eigenvalue weighted by molar-refractivity contribution is -0.125. The first-order valence-corrected chi connectivity index (χ1v) is 9.11. The molecule has 1 saturated heterocycles. The molecule has 1 aromatic rings. The van der Waals surface area contributed by atoms with E-state index in [4.69, 9.17) is 4.74 Å². The number of benzene rings is 1. The molecule has 5 nitrogen and oxygen atoms in total. The van der Waals surface area contributed by atoms with Gasteiger partial charge in [-0.2, -0.15) is 0 Å². The molecular formula is C19H29N3O2. The van der Waals surface area contributed by atoms with Gasteiger partial charge in [0.1, 0.15) is 5.75 Å². The highest BCUT2D eigenvalue weighted by atomic mass is 16.5. The number of carbonyl (C=O) groups excluding carboxylic acids is 1. The Labute approximate surface area is 145 Å². The van der Waals surface area contributed by atoms with Gasteiger partial charge >= 0.3 is 0 Å². The second kappa shape index (κ2) is 8.49. The summed E-state index contributed by atoms with van der Waals surface area (Å²) >= 11 is 0. The van der Waals surface area contributed by atoms with Gasteiger partial charge in [0, 0.05) is 38.6 Å². The van der Waals surface area contributed by atoms with E-state index in [1.807, 2.05) is 18.2 Å². The summed E-state index contributed by atoms with van der Waals surface area (Å²) in [5, 5.41) is 3.13. The smallest absolute Gasteiger partial charge is 0.223 e. The molecule has 24 heavy (non-hydrogen) atoms. The fourth-order valence-corrected chi connectivity index (χ4v) is 3.45. The van der Waals surface area contributed by atoms with Crippen LogP contribution in [0.1, 0.15) is 18.4 Å². The van der Waals surface area contributed by atoms with Gasteiger partial charge in [0.25, 0.3) is 0 Å². The molecule has 1 aromatic carbocycles. The fourth-order valence-electron chi connectivity index (χ4n) is 3.45. The maximum atomic E-state index is 12.5. The average molecular weight is 331 g/mol. The number of carbonyl (C=O) groups is 1. The van der Waals surface area contributed by atoms with Crippen LogP contribution < -0.4 is 10.1 Å². The van der Waals surface area contributed by atoms with Gasteiger partial charge in [-0.3, -0.25) is 4.79 Å². The predicted octanol–water partition coefficient (Wildman–Crippen LogP) is 1.38. The number of hydrogen-bond donors (Lipinski definition) is 1. The Hall–Kier alpha value is -1.59. The summed E-state index contributed by atoms with van der Waals surface area (Å²) in [5.74, 6) is 1.13. The van der Waals surface area contributed by atoms with Gasteiger partial charge < -0.3 is 19.9 Å². The Morgan fingerprint density at radius 1 is 1.25 bits per heavy atom. The van der Waals surface area contributed by atoms with Crippen molar-refractivity contribution in [1.82, 2.24) is 15.1 Å². The predicted molar refractivity (Wildman–Crippen MR) is 95.3 cm³/mol. The number of fused-ring (bicyclic) bond motifs is 1. The number of amides is 1. The summed E-state index contributed by atoms with van der Waals surface area (Å²) in [4.78, 5) is 17.3. The maximum Gasteiger partial charge on any atom is 0.223 e. The molecule has 0 aromatic heterocycles. The lowest BCUT2D eigenvalue weighted by Gasteiger charge is -2.32. The lowest BCUT2D eigenvalue weighted by Crippen LogP contribution is -2.45. The molecule has 0 spiro atoms. The topological polar surface area (TPSA) is 44.8 Å². The zero-order chi connectivity index (χ0) is 16.8. The van der Waals surface area contributed by atoms with Crippen LogP contribution in [0.2, 0.25) is 0 Å². The van der Waals surface area contributed by atoms with Crippen LogP contribution >= 0.6 is 0 Å². The molecule has 1 amide bonds. The van der Waals surface area contributed by atoms with Crippen molar-refractivity contribution in [2.75, 3.05) is 52.9 Å². The number of piperazine rings is 1. The Bertz CT molecular complexity index is 541. The number of hydrogen-bond acceptors (Lipinski definition) is 4. The third kappa shape index (κ3) is 4.71. The van der Waals surface area contributed by atoms with E-state index in [1.54, 1.807) is 0 Å². The number of nitrogens with zero attached hydrogens (tertiary/aromatic N) is 2. The molecule has 2 heterocycles. The summed E-state index contributed by atoms with van der Waals surface area (Å²) in [7, 11) is 2.17. The molecule has 0 bridgehead atoms. The zero-order valence-corrected chi connectivity index (χ0v) is 14.7. The highest BCUT2D eigenvalue weighted by molar-refractivity contribution is 5.79. The van der Waals surface area contributed by atoms with E-state index >= 15 is 0 Å². The number of likely N-dealkylation sites (N-methyl/N-ethyl adjacent to an activating group) is 1. The summed E-state index contributed by atoms with van der Waals surface area (Å²) in [6, 6.07) is 8.05. The van der Waals surface area contributed by atoms with Crippen molar-refractivity contribution in [3.05, 3.63) is 29.8 Å². The standard InChI is InChI=1S/C19H29N3O2/c1-21-10-12-22(13-11-21)9-4-8-20-19(23)17-7-14-24-18-6-3-2-5-16(18)15-17/h2-3,5-6,17H,4,7-15H2,1H3,(H,20,23)/t17-/m1/s1. The summed E-state index contributed by atoms with van der Waals surface area (Å²) in [5.41, 5.74) is 1.15. The van der Waals surface area contributed by atoms with Gasteiger partial charge in [0.15, 0.2) is 0 Å². The summed E-state index contributed by atoms with van der Waals surface area (Å²) in [6.07, 6.45) is 2.59. The monoisotopic (exact) mass is 331 g/mol. The Morgan fingerprint density at radius 2 is 2.04 bits per heavy atom. The Balaban J connectivity index is 1.39. The van der Waals surface area contributed by atoms with Crippen LogP contribution in [0.25, 0.3) is 0 Å². The zero-order valence-electron chi connectivity index (χ0n) is 14.7. The van der Waals surface area contributed by atoms with Crippen LogP contribution in [0, 0.1) is 5.92 Å². The van der Waals surface area contributed by atoms with Crippen molar-refractivity contribution in [2.24, 2.45) is 5.92 Å². The Morgan fingerprint density at radius 3 is 2.88 bits per heavy atom. The largest absolute Gasteiger partial charge is 0.493 e. The van der Waals surface area contributed by atoms with Crippen LogP contribution in [0.4, 0.5) is 0 Å². The second-order valence-electron chi connectivity index (χ2n) is 6.94. The molecule has 2 aliphatic rings. The summed E-state index contributed by atoms with van der Waals surface area (Å²) < 4.78 is 5.75. The first kappa shape index (κ1) is 17.2. The molecular weight excluding hydrogens is 302 g/mol. The van der Waals surface area contributed by atoms with E-state index in [9.17, 15) is 4.79 Å².